The number of aliphatic hydroxyl groups is 1. The maximum atomic E-state index is 13.4. The Bertz CT molecular complexity index is 371. The highest BCUT2D eigenvalue weighted by Gasteiger charge is 2.08. The van der Waals surface area contributed by atoms with Crippen LogP contribution in [-0.2, 0) is 4.74 Å². The Morgan fingerprint density at radius 1 is 1.44 bits per heavy atom. The molecule has 0 heterocycles. The molecular weight excluding hydrogens is 233 g/mol. The van der Waals surface area contributed by atoms with E-state index in [1.807, 2.05) is 13.0 Å². The zero-order chi connectivity index (χ0) is 13.5. The minimum atomic E-state index is -0.454. The van der Waals surface area contributed by atoms with E-state index in [2.05, 4.69) is 5.32 Å². The molecule has 2 N–H and O–H groups in total. The maximum Gasteiger partial charge on any atom is 0.126 e. The van der Waals surface area contributed by atoms with Gasteiger partial charge in [0.2, 0.25) is 0 Å². The Morgan fingerprint density at radius 3 is 2.78 bits per heavy atom. The van der Waals surface area contributed by atoms with Crippen molar-refractivity contribution >= 4 is 0 Å². The summed E-state index contributed by atoms with van der Waals surface area (Å²) in [4.78, 5) is 0. The number of rotatable bonds is 7. The van der Waals surface area contributed by atoms with Crippen molar-refractivity contribution in [3.63, 3.8) is 0 Å². The Hall–Kier alpha value is -0.970. The van der Waals surface area contributed by atoms with Crippen LogP contribution in [0.5, 0.6) is 0 Å². The fraction of sp³-hybridized carbons (Fsp3) is 0.571. The van der Waals surface area contributed by atoms with Crippen LogP contribution in [0.15, 0.2) is 18.2 Å². The van der Waals surface area contributed by atoms with Crippen molar-refractivity contribution in [1.29, 1.82) is 0 Å². The molecule has 0 aliphatic rings. The number of hydrogen-bond acceptors (Lipinski definition) is 3. The fourth-order valence-electron chi connectivity index (χ4n) is 1.74. The van der Waals surface area contributed by atoms with Crippen LogP contribution in [0.4, 0.5) is 4.39 Å². The second-order valence-electron chi connectivity index (χ2n) is 4.58. The summed E-state index contributed by atoms with van der Waals surface area (Å²) in [6.07, 6.45) is 0.163. The van der Waals surface area contributed by atoms with Crippen LogP contribution in [0.2, 0.25) is 0 Å². The lowest BCUT2D eigenvalue weighted by Crippen LogP contribution is -2.25. The zero-order valence-electron chi connectivity index (χ0n) is 11.2. The Morgan fingerprint density at radius 2 is 2.17 bits per heavy atom. The van der Waals surface area contributed by atoms with E-state index in [-0.39, 0.29) is 11.9 Å². The van der Waals surface area contributed by atoms with Gasteiger partial charge in [0.1, 0.15) is 5.82 Å². The van der Waals surface area contributed by atoms with Crippen LogP contribution in [0.25, 0.3) is 0 Å². The van der Waals surface area contributed by atoms with Gasteiger partial charge in [0.05, 0.1) is 12.7 Å². The van der Waals surface area contributed by atoms with E-state index in [1.54, 1.807) is 26.2 Å². The number of methoxy groups -OCH3 is 1. The quantitative estimate of drug-likeness (QED) is 0.784. The van der Waals surface area contributed by atoms with Gasteiger partial charge in [-0.3, -0.25) is 0 Å². The van der Waals surface area contributed by atoms with Crippen molar-refractivity contribution in [1.82, 2.24) is 5.32 Å². The molecule has 0 aliphatic heterocycles. The summed E-state index contributed by atoms with van der Waals surface area (Å²) < 4.78 is 18.3. The topological polar surface area (TPSA) is 41.5 Å². The lowest BCUT2D eigenvalue weighted by Gasteiger charge is -2.16. The van der Waals surface area contributed by atoms with Crippen molar-refractivity contribution in [2.24, 2.45) is 0 Å². The van der Waals surface area contributed by atoms with E-state index in [0.717, 1.165) is 5.56 Å². The molecule has 2 unspecified atom stereocenters. The second-order valence-corrected chi connectivity index (χ2v) is 4.58. The molecule has 0 saturated heterocycles. The monoisotopic (exact) mass is 255 g/mol. The number of ether oxygens (including phenoxy) is 1. The molecular formula is C14H22FNO2. The van der Waals surface area contributed by atoms with Gasteiger partial charge in [-0.25, -0.2) is 4.39 Å². The molecule has 0 aliphatic carbocycles. The molecule has 0 amide bonds. The van der Waals surface area contributed by atoms with Gasteiger partial charge < -0.3 is 15.2 Å². The Kier molecular flexibility index (Phi) is 6.25. The lowest BCUT2D eigenvalue weighted by atomic mass is 10.1. The first-order valence-electron chi connectivity index (χ1n) is 6.21. The van der Waals surface area contributed by atoms with Gasteiger partial charge >= 0.3 is 0 Å². The summed E-state index contributed by atoms with van der Waals surface area (Å²) in [5.74, 6) is -0.180. The van der Waals surface area contributed by atoms with Gasteiger partial charge in [0, 0.05) is 13.2 Å². The van der Waals surface area contributed by atoms with Crippen LogP contribution in [-0.4, -0.2) is 31.5 Å². The van der Waals surface area contributed by atoms with Crippen molar-refractivity contribution < 1.29 is 14.2 Å². The second kappa shape index (κ2) is 7.46. The van der Waals surface area contributed by atoms with Crippen LogP contribution in [0.1, 0.15) is 30.5 Å². The third kappa shape index (κ3) is 4.72. The van der Waals surface area contributed by atoms with Crippen molar-refractivity contribution in [3.8, 4) is 0 Å². The standard InChI is InChI=1S/C14H22FNO2/c1-10-4-5-12(8-14(10)15)11(2)16-7-6-13(17)9-18-3/h4-5,8,11,13,16-17H,6-7,9H2,1-3H3. The van der Waals surface area contributed by atoms with Crippen LogP contribution in [0.3, 0.4) is 0 Å². The third-order valence-corrected chi connectivity index (χ3v) is 2.98. The third-order valence-electron chi connectivity index (χ3n) is 2.98. The van der Waals surface area contributed by atoms with E-state index in [9.17, 15) is 9.50 Å². The molecule has 3 nitrogen and oxygen atoms in total. The molecule has 1 aromatic carbocycles. The summed E-state index contributed by atoms with van der Waals surface area (Å²) in [5, 5.41) is 12.7. The minimum Gasteiger partial charge on any atom is -0.391 e. The van der Waals surface area contributed by atoms with Gasteiger partial charge in [-0.05, 0) is 44.0 Å². The summed E-state index contributed by atoms with van der Waals surface area (Å²) in [6.45, 7) is 4.74. The maximum absolute atomic E-state index is 13.4. The molecule has 1 rings (SSSR count). The number of aryl methyl sites for hydroxylation is 1. The molecule has 102 valence electrons. The average Bonchev–Trinajstić information content (AvgIpc) is 2.33. The molecule has 0 saturated carbocycles. The molecule has 4 heteroatoms. The molecule has 0 bridgehead atoms. The Labute approximate surface area is 108 Å². The fourth-order valence-corrected chi connectivity index (χ4v) is 1.74. The summed E-state index contributed by atoms with van der Waals surface area (Å²) in [6, 6.07) is 5.32. The molecule has 2 atom stereocenters. The molecule has 0 spiro atoms. The summed E-state index contributed by atoms with van der Waals surface area (Å²) in [7, 11) is 1.56. The first kappa shape index (κ1) is 15.1. The Balaban J connectivity index is 2.40. The highest BCUT2D eigenvalue weighted by molar-refractivity contribution is 5.25. The van der Waals surface area contributed by atoms with Crippen molar-refractivity contribution in [2.45, 2.75) is 32.4 Å². The molecule has 0 aromatic heterocycles. The van der Waals surface area contributed by atoms with E-state index >= 15 is 0 Å². The van der Waals surface area contributed by atoms with Gasteiger partial charge in [0.25, 0.3) is 0 Å². The average molecular weight is 255 g/mol. The number of aliphatic hydroxyl groups excluding tert-OH is 1. The molecule has 18 heavy (non-hydrogen) atoms. The minimum absolute atomic E-state index is 0.0647. The van der Waals surface area contributed by atoms with Gasteiger partial charge in [-0.15, -0.1) is 0 Å². The number of benzene rings is 1. The highest BCUT2D eigenvalue weighted by atomic mass is 19.1. The van der Waals surface area contributed by atoms with Crippen LogP contribution >= 0.6 is 0 Å². The number of halogens is 1. The normalized spacial score (nSPS) is 14.5. The van der Waals surface area contributed by atoms with E-state index in [0.29, 0.717) is 25.1 Å². The van der Waals surface area contributed by atoms with Gasteiger partial charge in [-0.2, -0.15) is 0 Å². The SMILES string of the molecule is COCC(O)CCNC(C)c1ccc(C)c(F)c1. The summed E-state index contributed by atoms with van der Waals surface area (Å²) >= 11 is 0. The largest absolute Gasteiger partial charge is 0.391 e. The number of hydrogen-bond donors (Lipinski definition) is 2. The lowest BCUT2D eigenvalue weighted by molar-refractivity contribution is 0.0590. The first-order chi connectivity index (χ1) is 8.54. The van der Waals surface area contributed by atoms with E-state index < -0.39 is 6.10 Å². The number of nitrogens with one attached hydrogen (secondary N) is 1. The van der Waals surface area contributed by atoms with Crippen LogP contribution < -0.4 is 5.32 Å². The zero-order valence-corrected chi connectivity index (χ0v) is 11.2. The molecule has 0 radical (unpaired) electrons. The van der Waals surface area contributed by atoms with E-state index in [1.165, 1.54) is 0 Å². The summed E-state index contributed by atoms with van der Waals surface area (Å²) in [5.41, 5.74) is 1.57. The predicted molar refractivity (Wildman–Crippen MR) is 70.1 cm³/mol. The van der Waals surface area contributed by atoms with Crippen molar-refractivity contribution in [2.75, 3.05) is 20.3 Å². The molecule has 0 fully saturated rings. The van der Waals surface area contributed by atoms with Gasteiger partial charge in [0.15, 0.2) is 0 Å². The van der Waals surface area contributed by atoms with Gasteiger partial charge in [-0.1, -0.05) is 12.1 Å². The first-order valence-corrected chi connectivity index (χ1v) is 6.21. The van der Waals surface area contributed by atoms with E-state index in [4.69, 9.17) is 4.74 Å². The smallest absolute Gasteiger partial charge is 0.126 e. The molecule has 1 aromatic rings. The van der Waals surface area contributed by atoms with Crippen LogP contribution in [0, 0.1) is 12.7 Å². The highest BCUT2D eigenvalue weighted by Crippen LogP contribution is 2.16. The predicted octanol–water partition coefficient (Wildman–Crippen LogP) is 2.18. The van der Waals surface area contributed by atoms with Crippen molar-refractivity contribution in [3.05, 3.63) is 35.1 Å².